The first-order valence-corrected chi connectivity index (χ1v) is 17.0. The molecule has 0 aliphatic carbocycles. The fourth-order valence-electron chi connectivity index (χ4n) is 6.73. The van der Waals surface area contributed by atoms with Crippen LogP contribution in [0, 0.1) is 0 Å². The summed E-state index contributed by atoms with van der Waals surface area (Å²) in [5, 5.41) is 165. The fourth-order valence-corrected chi connectivity index (χ4v) is 6.73. The largest absolute Gasteiger partial charge is 0.394 e. The van der Waals surface area contributed by atoms with E-state index in [1.54, 1.807) is 0 Å². The Bertz CT molecular complexity index is 1150. The van der Waals surface area contributed by atoms with Crippen molar-refractivity contribution in [3.05, 3.63) is 0 Å². The summed E-state index contributed by atoms with van der Waals surface area (Å²) >= 11 is 0. The fraction of sp³-hybridized carbons (Fsp3) is 1.00. The van der Waals surface area contributed by atoms with Crippen molar-refractivity contribution >= 4 is 0 Å². The van der Waals surface area contributed by atoms with E-state index in [2.05, 4.69) is 0 Å². The van der Waals surface area contributed by atoms with Crippen molar-refractivity contribution < 1.29 is 124 Å². The lowest BCUT2D eigenvalue weighted by Crippen LogP contribution is -2.67. The van der Waals surface area contributed by atoms with E-state index in [1.807, 2.05) is 0 Å². The maximum Gasteiger partial charge on any atom is 0.187 e. The zero-order valence-electron chi connectivity index (χ0n) is 28.2. The van der Waals surface area contributed by atoms with E-state index >= 15 is 0 Å². The zero-order valence-corrected chi connectivity index (χ0v) is 28.2. The van der Waals surface area contributed by atoms with Gasteiger partial charge in [-0.3, -0.25) is 0 Å². The standard InChI is InChI=1S/C29H50O25/c30-1-6-11(34)18(41)26(48-6)46-5-10-12(35)13(36)19(42)27(51-10)53-23-8(3-32)50-29(21(44)15(23)38)54-24-9(4-33)49-28(20(43)16(24)39)52-22-7(2-31)47-25(45)17(40)14(22)37/h6-45H,1-5H2/t6-,7+,8+,9+,10+,11-,12+,13-,14+,15+,16+,17+,18+,19+,20+,21+,22+,23+,24+,25?,26+,27+,28+,29+/m0/s1. The lowest BCUT2D eigenvalue weighted by Gasteiger charge is -2.49. The Labute approximate surface area is 305 Å². The highest BCUT2D eigenvalue weighted by atomic mass is 16.8. The highest BCUT2D eigenvalue weighted by Gasteiger charge is 2.55. The van der Waals surface area contributed by atoms with Gasteiger partial charge in [0, 0.05) is 0 Å². The van der Waals surface area contributed by atoms with Crippen LogP contribution in [-0.4, -0.2) is 262 Å². The summed E-state index contributed by atoms with van der Waals surface area (Å²) < 4.78 is 48.9. The molecule has 0 spiro atoms. The summed E-state index contributed by atoms with van der Waals surface area (Å²) in [6.45, 7) is -4.01. The molecule has 0 aromatic heterocycles. The highest BCUT2D eigenvalue weighted by molar-refractivity contribution is 4.98. The SMILES string of the molecule is OC[C@@H]1O[C@@H](OC[C@H]2O[C@H](O[C@H]3[C@H](O)[C@@H](O)[C@@H](O[C@H]4[C@H](O)[C@@H](O)[C@@H](O[C@H]5[C@H](O)[C@@H](O)C(O)O[C@@H]5CO)O[C@@H]4CO)O[C@@H]3CO)[C@H](O)[C@@H](O)[C@@H]2O)[C@H](O)[C@H]1O. The molecule has 5 fully saturated rings. The molecule has 54 heavy (non-hydrogen) atoms. The van der Waals surface area contributed by atoms with E-state index in [4.69, 9.17) is 42.6 Å². The topological polar surface area (TPSA) is 407 Å². The van der Waals surface area contributed by atoms with E-state index in [0.29, 0.717) is 0 Å². The third kappa shape index (κ3) is 8.85. The summed E-state index contributed by atoms with van der Waals surface area (Å²) in [5.74, 6) is 0. The quantitative estimate of drug-likeness (QED) is 0.0822. The van der Waals surface area contributed by atoms with Crippen LogP contribution in [0.1, 0.15) is 0 Å². The number of aliphatic hydroxyl groups is 16. The van der Waals surface area contributed by atoms with E-state index in [9.17, 15) is 81.7 Å². The molecule has 0 aromatic carbocycles. The molecule has 5 rings (SSSR count). The van der Waals surface area contributed by atoms with Gasteiger partial charge in [0.2, 0.25) is 0 Å². The Hall–Kier alpha value is -1.00. The monoisotopic (exact) mass is 798 g/mol. The predicted octanol–water partition coefficient (Wildman–Crippen LogP) is -11.3. The van der Waals surface area contributed by atoms with Gasteiger partial charge in [-0.25, -0.2) is 0 Å². The number of ether oxygens (including phenoxy) is 9. The first-order valence-electron chi connectivity index (χ1n) is 17.0. The maximum absolute atomic E-state index is 11.1. The predicted molar refractivity (Wildman–Crippen MR) is 161 cm³/mol. The van der Waals surface area contributed by atoms with Gasteiger partial charge in [0.05, 0.1) is 33.0 Å². The van der Waals surface area contributed by atoms with Gasteiger partial charge in [-0.2, -0.15) is 0 Å². The van der Waals surface area contributed by atoms with Crippen LogP contribution in [0.2, 0.25) is 0 Å². The number of hydrogen-bond donors (Lipinski definition) is 16. The Balaban J connectivity index is 1.21. The van der Waals surface area contributed by atoms with Gasteiger partial charge in [-0.15, -0.1) is 0 Å². The number of hydrogen-bond acceptors (Lipinski definition) is 25. The van der Waals surface area contributed by atoms with Crippen LogP contribution in [0.3, 0.4) is 0 Å². The molecule has 316 valence electrons. The van der Waals surface area contributed by atoms with E-state index in [-0.39, 0.29) is 0 Å². The maximum atomic E-state index is 11.1. The second-order valence-electron chi connectivity index (χ2n) is 13.5. The summed E-state index contributed by atoms with van der Waals surface area (Å²) in [7, 11) is 0. The molecule has 25 nitrogen and oxygen atoms in total. The lowest BCUT2D eigenvalue weighted by atomic mass is 9.95. The summed E-state index contributed by atoms with van der Waals surface area (Å²) in [6, 6.07) is 0. The van der Waals surface area contributed by atoms with Gasteiger partial charge in [0.1, 0.15) is 116 Å². The Kier molecular flexibility index (Phi) is 15.3. The van der Waals surface area contributed by atoms with Crippen LogP contribution >= 0.6 is 0 Å². The average Bonchev–Trinajstić information content (AvgIpc) is 3.44. The molecule has 0 bridgehead atoms. The molecule has 16 N–H and O–H groups in total. The van der Waals surface area contributed by atoms with Crippen LogP contribution in [0.15, 0.2) is 0 Å². The Morgan fingerprint density at radius 1 is 0.315 bits per heavy atom. The molecule has 0 radical (unpaired) electrons. The van der Waals surface area contributed by atoms with Crippen molar-refractivity contribution in [3.8, 4) is 0 Å². The second kappa shape index (κ2) is 18.7. The van der Waals surface area contributed by atoms with Gasteiger partial charge in [0.25, 0.3) is 0 Å². The number of aliphatic hydroxyl groups excluding tert-OH is 16. The highest BCUT2D eigenvalue weighted by Crippen LogP contribution is 2.34. The minimum atomic E-state index is -2.09. The Morgan fingerprint density at radius 3 is 1.07 bits per heavy atom. The normalized spacial score (nSPS) is 53.1. The van der Waals surface area contributed by atoms with Crippen molar-refractivity contribution in [2.75, 3.05) is 33.0 Å². The van der Waals surface area contributed by atoms with E-state index in [1.165, 1.54) is 0 Å². The second-order valence-corrected chi connectivity index (χ2v) is 13.5. The van der Waals surface area contributed by atoms with Gasteiger partial charge in [-0.05, 0) is 0 Å². The summed E-state index contributed by atoms with van der Waals surface area (Å²) in [5.41, 5.74) is 0. The van der Waals surface area contributed by atoms with Crippen LogP contribution < -0.4 is 0 Å². The van der Waals surface area contributed by atoms with Crippen molar-refractivity contribution in [3.63, 3.8) is 0 Å². The van der Waals surface area contributed by atoms with Gasteiger partial charge in [0.15, 0.2) is 31.5 Å². The van der Waals surface area contributed by atoms with Gasteiger partial charge < -0.3 is 124 Å². The average molecular weight is 799 g/mol. The van der Waals surface area contributed by atoms with Crippen LogP contribution in [0.4, 0.5) is 0 Å². The molecular formula is C29H50O25. The molecule has 5 aliphatic rings. The van der Waals surface area contributed by atoms with Gasteiger partial charge >= 0.3 is 0 Å². The summed E-state index contributed by atoms with van der Waals surface area (Å²) in [6.07, 6.45) is -42.4. The van der Waals surface area contributed by atoms with Crippen molar-refractivity contribution in [1.82, 2.24) is 0 Å². The van der Waals surface area contributed by atoms with E-state index in [0.717, 1.165) is 0 Å². The molecule has 24 atom stereocenters. The van der Waals surface area contributed by atoms with E-state index < -0.39 is 180 Å². The lowest BCUT2D eigenvalue weighted by molar-refractivity contribution is -0.388. The van der Waals surface area contributed by atoms with Crippen LogP contribution in [-0.2, 0) is 42.6 Å². The molecule has 5 heterocycles. The molecular weight excluding hydrogens is 748 g/mol. The third-order valence-electron chi connectivity index (χ3n) is 9.95. The van der Waals surface area contributed by atoms with Crippen molar-refractivity contribution in [1.29, 1.82) is 0 Å². The smallest absolute Gasteiger partial charge is 0.187 e. The van der Waals surface area contributed by atoms with Crippen LogP contribution in [0.25, 0.3) is 0 Å². The molecule has 25 heteroatoms. The minimum absolute atomic E-state index is 0.638. The van der Waals surface area contributed by atoms with Crippen molar-refractivity contribution in [2.24, 2.45) is 0 Å². The molecule has 1 unspecified atom stereocenters. The third-order valence-corrected chi connectivity index (χ3v) is 9.95. The summed E-state index contributed by atoms with van der Waals surface area (Å²) in [4.78, 5) is 0. The molecule has 0 saturated carbocycles. The zero-order chi connectivity index (χ0) is 39.8. The number of rotatable bonds is 13. The molecule has 0 amide bonds. The molecule has 0 aromatic rings. The Morgan fingerprint density at radius 2 is 0.648 bits per heavy atom. The minimum Gasteiger partial charge on any atom is -0.394 e. The van der Waals surface area contributed by atoms with Gasteiger partial charge in [-0.1, -0.05) is 0 Å². The molecule has 5 aliphatic heterocycles. The first kappa shape index (κ1) is 44.1. The molecule has 5 saturated heterocycles. The van der Waals surface area contributed by atoms with Crippen molar-refractivity contribution in [2.45, 2.75) is 147 Å². The van der Waals surface area contributed by atoms with Crippen LogP contribution in [0.5, 0.6) is 0 Å². The first-order chi connectivity index (χ1) is 25.6.